The molecule has 0 amide bonds. The number of rotatable bonds is 7. The van der Waals surface area contributed by atoms with Crippen molar-refractivity contribution in [1.29, 1.82) is 0 Å². The average Bonchev–Trinajstić information content (AvgIpc) is 2.67. The lowest BCUT2D eigenvalue weighted by atomic mass is 10.0. The third-order valence-corrected chi connectivity index (χ3v) is 3.17. The minimum Gasteiger partial charge on any atom is -0.314 e. The van der Waals surface area contributed by atoms with E-state index in [-0.39, 0.29) is 0 Å². The highest BCUT2D eigenvalue weighted by atomic mass is 32.1. The largest absolute Gasteiger partial charge is 0.314 e. The lowest BCUT2D eigenvalue weighted by Crippen LogP contribution is -2.28. The monoisotopic (exact) mass is 226 g/mol. The van der Waals surface area contributed by atoms with Crippen molar-refractivity contribution in [2.45, 2.75) is 46.1 Å². The van der Waals surface area contributed by atoms with E-state index >= 15 is 0 Å². The van der Waals surface area contributed by atoms with E-state index in [0.717, 1.165) is 18.9 Å². The van der Waals surface area contributed by atoms with Crippen LogP contribution in [0.1, 0.15) is 39.3 Å². The first-order chi connectivity index (χ1) is 7.18. The van der Waals surface area contributed by atoms with E-state index in [2.05, 4.69) is 36.5 Å². The zero-order valence-corrected chi connectivity index (χ0v) is 10.8. The van der Waals surface area contributed by atoms with E-state index in [4.69, 9.17) is 0 Å². The van der Waals surface area contributed by atoms with Gasteiger partial charge in [0.15, 0.2) is 0 Å². The fraction of sp³-hybridized carbons (Fsp3) is 0.750. The molecule has 0 fully saturated rings. The van der Waals surface area contributed by atoms with Crippen LogP contribution in [0.4, 0.5) is 0 Å². The first kappa shape index (κ1) is 12.7. The molecule has 0 aliphatic rings. The van der Waals surface area contributed by atoms with Crippen molar-refractivity contribution >= 4 is 11.3 Å². The van der Waals surface area contributed by atoms with Crippen molar-refractivity contribution in [2.75, 3.05) is 6.54 Å². The molecule has 1 rings (SSSR count). The molecule has 0 aromatic carbocycles. The molecule has 15 heavy (non-hydrogen) atoms. The molecule has 0 saturated carbocycles. The molecule has 0 radical (unpaired) electrons. The molecular formula is C12H22N2S. The standard InChI is InChI=1S/C12H22N2S/c1-10(2)4-5-11(3)13-7-6-12-8-15-9-14-12/h8-11,13H,4-7H2,1-3H3. The van der Waals surface area contributed by atoms with Gasteiger partial charge in [-0.25, -0.2) is 4.98 Å². The summed E-state index contributed by atoms with van der Waals surface area (Å²) in [5.41, 5.74) is 3.11. The average molecular weight is 226 g/mol. The number of hydrogen-bond donors (Lipinski definition) is 1. The number of nitrogens with zero attached hydrogens (tertiary/aromatic N) is 1. The number of aromatic nitrogens is 1. The molecule has 0 bridgehead atoms. The van der Waals surface area contributed by atoms with Crippen LogP contribution in [0.2, 0.25) is 0 Å². The van der Waals surface area contributed by atoms with E-state index in [1.165, 1.54) is 18.5 Å². The molecule has 1 heterocycles. The van der Waals surface area contributed by atoms with Gasteiger partial charge in [-0.15, -0.1) is 11.3 Å². The van der Waals surface area contributed by atoms with Gasteiger partial charge in [-0.1, -0.05) is 13.8 Å². The predicted molar refractivity (Wildman–Crippen MR) is 67.4 cm³/mol. The van der Waals surface area contributed by atoms with Gasteiger partial charge >= 0.3 is 0 Å². The van der Waals surface area contributed by atoms with E-state index in [9.17, 15) is 0 Å². The quantitative estimate of drug-likeness (QED) is 0.773. The van der Waals surface area contributed by atoms with E-state index in [1.54, 1.807) is 11.3 Å². The van der Waals surface area contributed by atoms with Crippen molar-refractivity contribution < 1.29 is 0 Å². The van der Waals surface area contributed by atoms with Crippen molar-refractivity contribution in [2.24, 2.45) is 5.92 Å². The molecule has 0 saturated heterocycles. The van der Waals surface area contributed by atoms with Gasteiger partial charge in [-0.3, -0.25) is 0 Å². The second kappa shape index (κ2) is 6.96. The molecule has 3 heteroatoms. The molecular weight excluding hydrogens is 204 g/mol. The van der Waals surface area contributed by atoms with Crippen LogP contribution in [0.3, 0.4) is 0 Å². The van der Waals surface area contributed by atoms with Crippen LogP contribution >= 0.6 is 11.3 Å². The maximum absolute atomic E-state index is 4.27. The third-order valence-electron chi connectivity index (χ3n) is 2.53. The Labute approximate surface area is 97.1 Å². The highest BCUT2D eigenvalue weighted by molar-refractivity contribution is 7.07. The molecule has 1 N–H and O–H groups in total. The first-order valence-electron chi connectivity index (χ1n) is 5.79. The van der Waals surface area contributed by atoms with Gasteiger partial charge in [0.25, 0.3) is 0 Å². The van der Waals surface area contributed by atoms with Crippen molar-refractivity contribution in [1.82, 2.24) is 10.3 Å². The molecule has 2 nitrogen and oxygen atoms in total. The van der Waals surface area contributed by atoms with Gasteiger partial charge in [0.05, 0.1) is 11.2 Å². The van der Waals surface area contributed by atoms with Crippen LogP contribution in [0.15, 0.2) is 10.9 Å². The van der Waals surface area contributed by atoms with Gasteiger partial charge in [-0.2, -0.15) is 0 Å². The summed E-state index contributed by atoms with van der Waals surface area (Å²) in [7, 11) is 0. The molecule has 1 aromatic rings. The Balaban J connectivity index is 2.04. The lowest BCUT2D eigenvalue weighted by molar-refractivity contribution is 0.453. The van der Waals surface area contributed by atoms with Crippen LogP contribution in [-0.4, -0.2) is 17.6 Å². The zero-order valence-electron chi connectivity index (χ0n) is 9.99. The summed E-state index contributed by atoms with van der Waals surface area (Å²) in [5, 5.41) is 5.67. The summed E-state index contributed by atoms with van der Waals surface area (Å²) in [6.07, 6.45) is 3.63. The van der Waals surface area contributed by atoms with Crippen molar-refractivity contribution in [3.8, 4) is 0 Å². The summed E-state index contributed by atoms with van der Waals surface area (Å²) < 4.78 is 0. The number of thiazole rings is 1. The highest BCUT2D eigenvalue weighted by Gasteiger charge is 2.03. The van der Waals surface area contributed by atoms with Gasteiger partial charge in [0.2, 0.25) is 0 Å². The Morgan fingerprint density at radius 1 is 1.33 bits per heavy atom. The topological polar surface area (TPSA) is 24.9 Å². The highest BCUT2D eigenvalue weighted by Crippen LogP contribution is 2.06. The summed E-state index contributed by atoms with van der Waals surface area (Å²) in [4.78, 5) is 4.27. The molecule has 1 aromatic heterocycles. The van der Waals surface area contributed by atoms with E-state index < -0.39 is 0 Å². The minimum absolute atomic E-state index is 0.631. The van der Waals surface area contributed by atoms with E-state index in [1.807, 2.05) is 5.51 Å². The Morgan fingerprint density at radius 2 is 2.13 bits per heavy atom. The first-order valence-corrected chi connectivity index (χ1v) is 6.73. The third kappa shape index (κ3) is 5.90. The maximum Gasteiger partial charge on any atom is 0.0794 e. The van der Waals surface area contributed by atoms with E-state index in [0.29, 0.717) is 6.04 Å². The van der Waals surface area contributed by atoms with Crippen molar-refractivity contribution in [3.05, 3.63) is 16.6 Å². The molecule has 86 valence electrons. The van der Waals surface area contributed by atoms with Crippen molar-refractivity contribution in [3.63, 3.8) is 0 Å². The van der Waals surface area contributed by atoms with Crippen LogP contribution in [0.25, 0.3) is 0 Å². The normalized spacial score (nSPS) is 13.3. The SMILES string of the molecule is CC(C)CCC(C)NCCc1cscn1. The Hall–Kier alpha value is -0.410. The summed E-state index contributed by atoms with van der Waals surface area (Å²) in [6.45, 7) is 7.87. The second-order valence-electron chi connectivity index (χ2n) is 4.56. The second-order valence-corrected chi connectivity index (χ2v) is 5.27. The number of hydrogen-bond acceptors (Lipinski definition) is 3. The smallest absolute Gasteiger partial charge is 0.0794 e. The fourth-order valence-corrected chi connectivity index (χ4v) is 2.09. The molecule has 1 unspecified atom stereocenters. The van der Waals surface area contributed by atoms with Crippen LogP contribution < -0.4 is 5.32 Å². The van der Waals surface area contributed by atoms with Gasteiger partial charge in [-0.05, 0) is 25.7 Å². The van der Waals surface area contributed by atoms with Crippen LogP contribution in [0.5, 0.6) is 0 Å². The summed E-state index contributed by atoms with van der Waals surface area (Å²) in [5.74, 6) is 0.813. The van der Waals surface area contributed by atoms with Gasteiger partial charge in [0.1, 0.15) is 0 Å². The Bertz CT molecular complexity index is 244. The Morgan fingerprint density at radius 3 is 2.73 bits per heavy atom. The summed E-state index contributed by atoms with van der Waals surface area (Å²) in [6, 6.07) is 0.631. The lowest BCUT2D eigenvalue weighted by Gasteiger charge is -2.14. The summed E-state index contributed by atoms with van der Waals surface area (Å²) >= 11 is 1.67. The van der Waals surface area contributed by atoms with Crippen LogP contribution in [0, 0.1) is 5.92 Å². The number of nitrogens with one attached hydrogen (secondary N) is 1. The molecule has 0 aliphatic heterocycles. The van der Waals surface area contributed by atoms with Gasteiger partial charge < -0.3 is 5.32 Å². The fourth-order valence-electron chi connectivity index (χ4n) is 1.49. The molecule has 1 atom stereocenters. The maximum atomic E-state index is 4.27. The zero-order chi connectivity index (χ0) is 11.1. The molecule has 0 spiro atoms. The Kier molecular flexibility index (Phi) is 5.88. The molecule has 0 aliphatic carbocycles. The predicted octanol–water partition coefficient (Wildman–Crippen LogP) is 3.10. The van der Waals surface area contributed by atoms with Crippen LogP contribution in [-0.2, 0) is 6.42 Å². The minimum atomic E-state index is 0.631. The van der Waals surface area contributed by atoms with Gasteiger partial charge in [0, 0.05) is 24.4 Å².